The van der Waals surface area contributed by atoms with Gasteiger partial charge >= 0.3 is 5.97 Å². The molecule has 0 fully saturated rings. The summed E-state index contributed by atoms with van der Waals surface area (Å²) >= 11 is 0. The Morgan fingerprint density at radius 2 is 1.77 bits per heavy atom. The van der Waals surface area contributed by atoms with Gasteiger partial charge in [0.1, 0.15) is 23.3 Å². The molecule has 1 heterocycles. The number of aromatic carboxylic acids is 1. The molecule has 0 aliphatic carbocycles. The van der Waals surface area contributed by atoms with E-state index in [9.17, 15) is 14.3 Å². The lowest BCUT2D eigenvalue weighted by molar-refractivity contribution is 0.0698. The number of nitrogens with zero attached hydrogens (tertiary/aromatic N) is 2. The molecule has 0 radical (unpaired) electrons. The number of hydrogen-bond donors (Lipinski definition) is 3. The average Bonchev–Trinajstić information content (AvgIpc) is 2.61. The number of para-hydroxylation sites is 1. The van der Waals surface area contributed by atoms with Gasteiger partial charge in [-0.3, -0.25) is 0 Å². The maximum Gasteiger partial charge on any atom is 0.337 e. The first-order valence-electron chi connectivity index (χ1n) is 7.95. The SMILES string of the molecule is Cc1nc(NCc2ccccc2F)cc(Nc2ccccc2C(=O)O)n1. The number of hydrogen-bond acceptors (Lipinski definition) is 5. The van der Waals surface area contributed by atoms with Crippen LogP contribution in [0.3, 0.4) is 0 Å². The largest absolute Gasteiger partial charge is 0.478 e. The zero-order chi connectivity index (χ0) is 18.5. The van der Waals surface area contributed by atoms with Crippen LogP contribution in [0.4, 0.5) is 21.7 Å². The first-order valence-corrected chi connectivity index (χ1v) is 7.95. The van der Waals surface area contributed by atoms with Gasteiger partial charge in [-0.05, 0) is 25.1 Å². The summed E-state index contributed by atoms with van der Waals surface area (Å²) in [6.45, 7) is 2.00. The third-order valence-electron chi connectivity index (χ3n) is 3.68. The Balaban J connectivity index is 1.80. The van der Waals surface area contributed by atoms with Crippen molar-refractivity contribution in [1.29, 1.82) is 0 Å². The summed E-state index contributed by atoms with van der Waals surface area (Å²) in [7, 11) is 0. The first kappa shape index (κ1) is 17.3. The van der Waals surface area contributed by atoms with Crippen LogP contribution in [0.25, 0.3) is 0 Å². The Hall–Kier alpha value is -3.48. The van der Waals surface area contributed by atoms with Crippen LogP contribution in [0.5, 0.6) is 0 Å². The van der Waals surface area contributed by atoms with E-state index in [1.54, 1.807) is 49.4 Å². The second-order valence-corrected chi connectivity index (χ2v) is 5.61. The number of halogens is 1. The van der Waals surface area contributed by atoms with Gasteiger partial charge in [-0.1, -0.05) is 30.3 Å². The molecule has 0 aliphatic heterocycles. The summed E-state index contributed by atoms with van der Waals surface area (Å²) < 4.78 is 13.7. The van der Waals surface area contributed by atoms with Gasteiger partial charge in [0.05, 0.1) is 11.3 Å². The topological polar surface area (TPSA) is 87.1 Å². The van der Waals surface area contributed by atoms with Crippen LogP contribution >= 0.6 is 0 Å². The third kappa shape index (κ3) is 4.13. The molecule has 0 saturated carbocycles. The van der Waals surface area contributed by atoms with E-state index in [1.165, 1.54) is 12.1 Å². The lowest BCUT2D eigenvalue weighted by Gasteiger charge is -2.12. The molecule has 3 rings (SSSR count). The van der Waals surface area contributed by atoms with Crippen molar-refractivity contribution in [3.63, 3.8) is 0 Å². The van der Waals surface area contributed by atoms with E-state index < -0.39 is 5.97 Å². The number of carboxylic acids is 1. The summed E-state index contributed by atoms with van der Waals surface area (Å²) in [5.74, 6) is 0.133. The minimum Gasteiger partial charge on any atom is -0.478 e. The highest BCUT2D eigenvalue weighted by Crippen LogP contribution is 2.21. The lowest BCUT2D eigenvalue weighted by Crippen LogP contribution is -2.07. The molecule has 0 unspecified atom stereocenters. The fourth-order valence-electron chi connectivity index (χ4n) is 2.47. The number of rotatable bonds is 6. The Morgan fingerprint density at radius 3 is 2.54 bits per heavy atom. The third-order valence-corrected chi connectivity index (χ3v) is 3.68. The predicted molar refractivity (Wildman–Crippen MR) is 97.2 cm³/mol. The van der Waals surface area contributed by atoms with Gasteiger partial charge in [0.15, 0.2) is 0 Å². The Kier molecular flexibility index (Phi) is 5.07. The monoisotopic (exact) mass is 352 g/mol. The van der Waals surface area contributed by atoms with Gasteiger partial charge in [-0.2, -0.15) is 0 Å². The van der Waals surface area contributed by atoms with Crippen LogP contribution in [0.15, 0.2) is 54.6 Å². The van der Waals surface area contributed by atoms with Gasteiger partial charge in [0.25, 0.3) is 0 Å². The Labute approximate surface area is 149 Å². The van der Waals surface area contributed by atoms with E-state index in [2.05, 4.69) is 20.6 Å². The van der Waals surface area contributed by atoms with Gasteiger partial charge in [-0.15, -0.1) is 0 Å². The van der Waals surface area contributed by atoms with Crippen LogP contribution in [0, 0.1) is 12.7 Å². The van der Waals surface area contributed by atoms with Crippen LogP contribution in [0.2, 0.25) is 0 Å². The number of aromatic nitrogens is 2. The van der Waals surface area contributed by atoms with Crippen molar-refractivity contribution in [3.8, 4) is 0 Å². The second-order valence-electron chi connectivity index (χ2n) is 5.61. The van der Waals surface area contributed by atoms with Crippen molar-refractivity contribution in [1.82, 2.24) is 9.97 Å². The molecule has 3 N–H and O–H groups in total. The molecule has 0 amide bonds. The molecule has 7 heteroatoms. The number of benzene rings is 2. The zero-order valence-corrected chi connectivity index (χ0v) is 14.0. The van der Waals surface area contributed by atoms with Gasteiger partial charge in [0.2, 0.25) is 0 Å². The summed E-state index contributed by atoms with van der Waals surface area (Å²) in [6, 6.07) is 14.7. The van der Waals surface area contributed by atoms with E-state index >= 15 is 0 Å². The van der Waals surface area contributed by atoms with Crippen molar-refractivity contribution < 1.29 is 14.3 Å². The van der Waals surface area contributed by atoms with Crippen LogP contribution in [0.1, 0.15) is 21.7 Å². The molecule has 0 atom stereocenters. The molecule has 0 aliphatic rings. The molecule has 1 aromatic heterocycles. The Bertz CT molecular complexity index is 946. The van der Waals surface area contributed by atoms with Crippen molar-refractivity contribution in [2.24, 2.45) is 0 Å². The van der Waals surface area contributed by atoms with E-state index in [0.29, 0.717) is 28.7 Å². The predicted octanol–water partition coefficient (Wildman–Crippen LogP) is 3.98. The smallest absolute Gasteiger partial charge is 0.337 e. The minimum absolute atomic E-state index is 0.143. The standard InChI is InChI=1S/C19H17FN4O2/c1-12-22-17(21-11-13-6-2-4-8-15(13)20)10-18(23-12)24-16-9-5-3-7-14(16)19(25)26/h2-10H,11H2,1H3,(H,25,26)(H2,21,22,23,24). The van der Waals surface area contributed by atoms with E-state index in [1.807, 2.05) is 0 Å². The maximum atomic E-state index is 13.7. The normalized spacial score (nSPS) is 10.4. The fourth-order valence-corrected chi connectivity index (χ4v) is 2.47. The molecular weight excluding hydrogens is 335 g/mol. The summed E-state index contributed by atoms with van der Waals surface area (Å²) in [5, 5.41) is 15.3. The van der Waals surface area contributed by atoms with E-state index in [0.717, 1.165) is 0 Å². The average molecular weight is 352 g/mol. The minimum atomic E-state index is -1.03. The highest BCUT2D eigenvalue weighted by molar-refractivity contribution is 5.95. The first-order chi connectivity index (χ1) is 12.5. The van der Waals surface area contributed by atoms with Crippen LogP contribution < -0.4 is 10.6 Å². The van der Waals surface area contributed by atoms with Gasteiger partial charge in [-0.25, -0.2) is 19.2 Å². The van der Waals surface area contributed by atoms with E-state index in [-0.39, 0.29) is 17.9 Å². The number of anilines is 3. The maximum absolute atomic E-state index is 13.7. The van der Waals surface area contributed by atoms with Gasteiger partial charge < -0.3 is 15.7 Å². The quantitative estimate of drug-likeness (QED) is 0.622. The van der Waals surface area contributed by atoms with Crippen LogP contribution in [-0.2, 0) is 6.54 Å². The molecule has 26 heavy (non-hydrogen) atoms. The highest BCUT2D eigenvalue weighted by Gasteiger charge is 2.11. The van der Waals surface area contributed by atoms with Gasteiger partial charge in [0, 0.05) is 18.2 Å². The summed E-state index contributed by atoms with van der Waals surface area (Å²) in [5.41, 5.74) is 1.09. The lowest BCUT2D eigenvalue weighted by atomic mass is 10.2. The molecule has 132 valence electrons. The zero-order valence-electron chi connectivity index (χ0n) is 14.0. The Morgan fingerprint density at radius 1 is 1.08 bits per heavy atom. The molecule has 3 aromatic rings. The number of nitrogens with one attached hydrogen (secondary N) is 2. The fraction of sp³-hybridized carbons (Fsp3) is 0.105. The molecule has 0 saturated heterocycles. The number of aryl methyl sites for hydroxylation is 1. The molecular formula is C19H17FN4O2. The molecule has 6 nitrogen and oxygen atoms in total. The molecule has 2 aromatic carbocycles. The molecule has 0 bridgehead atoms. The van der Waals surface area contributed by atoms with Crippen molar-refractivity contribution in [2.45, 2.75) is 13.5 Å². The van der Waals surface area contributed by atoms with Crippen molar-refractivity contribution in [2.75, 3.05) is 10.6 Å². The highest BCUT2D eigenvalue weighted by atomic mass is 19.1. The van der Waals surface area contributed by atoms with Crippen molar-refractivity contribution >= 4 is 23.3 Å². The number of carbonyl (C=O) groups is 1. The second kappa shape index (κ2) is 7.60. The summed E-state index contributed by atoms with van der Waals surface area (Å²) in [6.07, 6.45) is 0. The van der Waals surface area contributed by atoms with Crippen LogP contribution in [-0.4, -0.2) is 21.0 Å². The number of carboxylic acid groups (broad SMARTS) is 1. The molecule has 0 spiro atoms. The van der Waals surface area contributed by atoms with Crippen molar-refractivity contribution in [3.05, 3.63) is 77.4 Å². The summed E-state index contributed by atoms with van der Waals surface area (Å²) in [4.78, 5) is 19.9. The van der Waals surface area contributed by atoms with E-state index in [4.69, 9.17) is 0 Å².